The fourth-order valence-electron chi connectivity index (χ4n) is 2.62. The van der Waals surface area contributed by atoms with Crippen molar-refractivity contribution in [3.63, 3.8) is 0 Å². The molecule has 2 aromatic carbocycles. The number of thioether (sulfide) groups is 1. The Kier molecular flexibility index (Phi) is 6.87. The van der Waals surface area contributed by atoms with E-state index in [4.69, 9.17) is 4.74 Å². The lowest BCUT2D eigenvalue weighted by Gasteiger charge is -2.06. The average Bonchev–Trinajstić information content (AvgIpc) is 2.72. The Hall–Kier alpha value is -3.05. The lowest BCUT2D eigenvalue weighted by atomic mass is 10.1. The van der Waals surface area contributed by atoms with E-state index in [2.05, 4.69) is 16.4 Å². The van der Waals surface area contributed by atoms with Crippen molar-refractivity contribution in [2.75, 3.05) is 12.4 Å². The molecule has 1 heterocycles. The third-order valence-electron chi connectivity index (χ3n) is 4.05. The van der Waals surface area contributed by atoms with Gasteiger partial charge in [-0.05, 0) is 61.0 Å². The molecule has 0 atom stereocenters. The molecular formula is C23H22N2O2S. The van der Waals surface area contributed by atoms with E-state index >= 15 is 0 Å². The van der Waals surface area contributed by atoms with Crippen molar-refractivity contribution in [3.8, 4) is 5.75 Å². The van der Waals surface area contributed by atoms with Crippen molar-refractivity contribution in [1.29, 1.82) is 0 Å². The molecule has 1 N–H and O–H groups in total. The first-order valence-corrected chi connectivity index (χ1v) is 9.88. The van der Waals surface area contributed by atoms with Crippen LogP contribution in [0.15, 0.2) is 78.0 Å². The van der Waals surface area contributed by atoms with Gasteiger partial charge in [-0.3, -0.25) is 9.78 Å². The Labute approximate surface area is 169 Å². The van der Waals surface area contributed by atoms with Gasteiger partial charge < -0.3 is 10.1 Å². The highest BCUT2D eigenvalue weighted by Gasteiger charge is 2.03. The van der Waals surface area contributed by atoms with Crippen LogP contribution in [0.25, 0.3) is 6.08 Å². The number of amides is 1. The number of ether oxygens (including phenoxy) is 1. The smallest absolute Gasteiger partial charge is 0.248 e. The number of aromatic nitrogens is 1. The van der Waals surface area contributed by atoms with E-state index in [0.29, 0.717) is 0 Å². The summed E-state index contributed by atoms with van der Waals surface area (Å²) in [6.45, 7) is 2.00. The van der Waals surface area contributed by atoms with Crippen molar-refractivity contribution in [3.05, 3.63) is 89.8 Å². The Morgan fingerprint density at radius 1 is 1.18 bits per heavy atom. The minimum absolute atomic E-state index is 0.181. The predicted octanol–water partition coefficient (Wildman–Crippen LogP) is 5.34. The SMILES string of the molecule is COc1ccc(C)cc1/C=C/C(=O)Nc1ccc(SCc2cccnc2)cc1. The lowest BCUT2D eigenvalue weighted by Crippen LogP contribution is -2.07. The number of hydrogen-bond acceptors (Lipinski definition) is 4. The summed E-state index contributed by atoms with van der Waals surface area (Å²) >= 11 is 1.73. The number of carbonyl (C=O) groups excluding carboxylic acids is 1. The van der Waals surface area contributed by atoms with Crippen molar-refractivity contribution >= 4 is 29.4 Å². The van der Waals surface area contributed by atoms with Crippen LogP contribution in [0.2, 0.25) is 0 Å². The number of pyridine rings is 1. The molecule has 28 heavy (non-hydrogen) atoms. The first kappa shape index (κ1) is 19.7. The van der Waals surface area contributed by atoms with Gasteiger partial charge >= 0.3 is 0 Å². The van der Waals surface area contributed by atoms with Gasteiger partial charge in [-0.25, -0.2) is 0 Å². The summed E-state index contributed by atoms with van der Waals surface area (Å²) in [4.78, 5) is 17.5. The second kappa shape index (κ2) is 9.76. The maximum Gasteiger partial charge on any atom is 0.248 e. The first-order chi connectivity index (χ1) is 13.6. The van der Waals surface area contributed by atoms with Crippen molar-refractivity contribution in [2.24, 2.45) is 0 Å². The van der Waals surface area contributed by atoms with Gasteiger partial charge in [0, 0.05) is 40.4 Å². The van der Waals surface area contributed by atoms with E-state index in [9.17, 15) is 4.79 Å². The average molecular weight is 391 g/mol. The molecule has 142 valence electrons. The molecule has 0 aliphatic carbocycles. The summed E-state index contributed by atoms with van der Waals surface area (Å²) in [6, 6.07) is 17.7. The standard InChI is InChI=1S/C23H22N2O2S/c1-17-5-11-22(27-2)19(14-17)6-12-23(26)25-20-7-9-21(10-8-20)28-16-18-4-3-13-24-15-18/h3-15H,16H2,1-2H3,(H,25,26)/b12-6+. The number of carbonyl (C=O) groups is 1. The van der Waals surface area contributed by atoms with Crippen LogP contribution in [-0.4, -0.2) is 18.0 Å². The number of nitrogens with zero attached hydrogens (tertiary/aromatic N) is 1. The maximum absolute atomic E-state index is 12.2. The summed E-state index contributed by atoms with van der Waals surface area (Å²) in [7, 11) is 1.62. The van der Waals surface area contributed by atoms with Crippen LogP contribution in [0, 0.1) is 6.92 Å². The number of rotatable bonds is 7. The van der Waals surface area contributed by atoms with Crippen LogP contribution in [0.5, 0.6) is 5.75 Å². The zero-order valence-corrected chi connectivity index (χ0v) is 16.7. The van der Waals surface area contributed by atoms with Crippen molar-refractivity contribution in [1.82, 2.24) is 4.98 Å². The molecule has 0 aliphatic rings. The monoisotopic (exact) mass is 390 g/mol. The quantitative estimate of drug-likeness (QED) is 0.437. The molecule has 0 radical (unpaired) electrons. The maximum atomic E-state index is 12.2. The third-order valence-corrected chi connectivity index (χ3v) is 5.13. The van der Waals surface area contributed by atoms with Gasteiger partial charge in [0.05, 0.1) is 7.11 Å². The van der Waals surface area contributed by atoms with Gasteiger partial charge in [0.1, 0.15) is 5.75 Å². The fraction of sp³-hybridized carbons (Fsp3) is 0.130. The molecule has 1 aromatic heterocycles. The molecule has 1 amide bonds. The highest BCUT2D eigenvalue weighted by atomic mass is 32.2. The topological polar surface area (TPSA) is 51.2 Å². The highest BCUT2D eigenvalue weighted by Crippen LogP contribution is 2.24. The van der Waals surface area contributed by atoms with Crippen LogP contribution in [0.1, 0.15) is 16.7 Å². The highest BCUT2D eigenvalue weighted by molar-refractivity contribution is 7.98. The zero-order valence-electron chi connectivity index (χ0n) is 15.9. The molecular weight excluding hydrogens is 368 g/mol. The summed E-state index contributed by atoms with van der Waals surface area (Å²) < 4.78 is 5.33. The van der Waals surface area contributed by atoms with Gasteiger partial charge in [0.25, 0.3) is 0 Å². The third kappa shape index (κ3) is 5.72. The minimum atomic E-state index is -0.181. The van der Waals surface area contributed by atoms with E-state index in [-0.39, 0.29) is 5.91 Å². The molecule has 0 saturated carbocycles. The zero-order chi connectivity index (χ0) is 19.8. The number of aryl methyl sites for hydroxylation is 1. The van der Waals surface area contributed by atoms with Gasteiger partial charge in [0.15, 0.2) is 0 Å². The molecule has 4 nitrogen and oxygen atoms in total. The normalized spacial score (nSPS) is 10.8. The van der Waals surface area contributed by atoms with Crippen LogP contribution in [0.4, 0.5) is 5.69 Å². The Bertz CT molecular complexity index is 954. The summed E-state index contributed by atoms with van der Waals surface area (Å²) in [5.41, 5.74) is 3.93. The summed E-state index contributed by atoms with van der Waals surface area (Å²) in [5.74, 6) is 1.42. The van der Waals surface area contributed by atoms with E-state index in [1.807, 2.05) is 61.7 Å². The summed E-state index contributed by atoms with van der Waals surface area (Å²) in [5, 5.41) is 2.88. The van der Waals surface area contributed by atoms with Crippen LogP contribution in [0.3, 0.4) is 0 Å². The molecule has 3 aromatic rings. The van der Waals surface area contributed by atoms with Crippen LogP contribution < -0.4 is 10.1 Å². The summed E-state index contributed by atoms with van der Waals surface area (Å²) in [6.07, 6.45) is 6.92. The van der Waals surface area contributed by atoms with Crippen LogP contribution >= 0.6 is 11.8 Å². The second-order valence-corrected chi connectivity index (χ2v) is 7.29. The number of benzene rings is 2. The van der Waals surface area contributed by atoms with E-state index in [1.165, 1.54) is 11.6 Å². The molecule has 3 rings (SSSR count). The lowest BCUT2D eigenvalue weighted by molar-refractivity contribution is -0.111. The van der Waals surface area contributed by atoms with Crippen molar-refractivity contribution < 1.29 is 9.53 Å². The van der Waals surface area contributed by atoms with E-state index in [0.717, 1.165) is 33.2 Å². The van der Waals surface area contributed by atoms with Gasteiger partial charge in [-0.2, -0.15) is 0 Å². The van der Waals surface area contributed by atoms with Gasteiger partial charge in [-0.15, -0.1) is 11.8 Å². The number of anilines is 1. The largest absolute Gasteiger partial charge is 0.496 e. The Balaban J connectivity index is 1.56. The second-order valence-electron chi connectivity index (χ2n) is 6.24. The predicted molar refractivity (Wildman–Crippen MR) is 116 cm³/mol. The number of hydrogen-bond donors (Lipinski definition) is 1. The first-order valence-electron chi connectivity index (χ1n) is 8.89. The number of nitrogens with one attached hydrogen (secondary N) is 1. The van der Waals surface area contributed by atoms with Crippen LogP contribution in [-0.2, 0) is 10.5 Å². The van der Waals surface area contributed by atoms with Gasteiger partial charge in [0.2, 0.25) is 5.91 Å². The molecule has 5 heteroatoms. The number of methoxy groups -OCH3 is 1. The Morgan fingerprint density at radius 3 is 2.71 bits per heavy atom. The van der Waals surface area contributed by atoms with E-state index in [1.54, 1.807) is 31.1 Å². The molecule has 0 fully saturated rings. The molecule has 0 aliphatic heterocycles. The minimum Gasteiger partial charge on any atom is -0.496 e. The molecule has 0 saturated heterocycles. The van der Waals surface area contributed by atoms with Crippen molar-refractivity contribution in [2.45, 2.75) is 17.6 Å². The van der Waals surface area contributed by atoms with Gasteiger partial charge in [-0.1, -0.05) is 17.7 Å². The Morgan fingerprint density at radius 2 is 2.00 bits per heavy atom. The van der Waals surface area contributed by atoms with E-state index < -0.39 is 0 Å². The molecule has 0 spiro atoms. The molecule has 0 bridgehead atoms. The molecule has 0 unspecified atom stereocenters. The fourth-order valence-corrected chi connectivity index (χ4v) is 3.45.